The number of ether oxygens (including phenoxy) is 2. The van der Waals surface area contributed by atoms with E-state index < -0.39 is 0 Å². The number of benzene rings is 1. The van der Waals surface area contributed by atoms with Gasteiger partial charge in [0, 0.05) is 40.2 Å². The Labute approximate surface area is 168 Å². The summed E-state index contributed by atoms with van der Waals surface area (Å²) in [6.45, 7) is 4.24. The van der Waals surface area contributed by atoms with Crippen LogP contribution >= 0.6 is 24.0 Å². The highest BCUT2D eigenvalue weighted by atomic mass is 127. The van der Waals surface area contributed by atoms with Crippen LogP contribution < -0.4 is 10.1 Å². The molecule has 1 heterocycles. The second-order valence-corrected chi connectivity index (χ2v) is 6.70. The van der Waals surface area contributed by atoms with Crippen molar-refractivity contribution in [3.05, 3.63) is 29.3 Å². The molecule has 6 heteroatoms. The molecule has 1 saturated carbocycles. The highest BCUT2D eigenvalue weighted by Gasteiger charge is 2.21. The van der Waals surface area contributed by atoms with Gasteiger partial charge < -0.3 is 19.7 Å². The Bertz CT molecular complexity index is 576. The molecule has 3 rings (SSSR count). The summed E-state index contributed by atoms with van der Waals surface area (Å²) < 4.78 is 11.3. The zero-order valence-corrected chi connectivity index (χ0v) is 17.6. The molecule has 5 nitrogen and oxygen atoms in total. The number of halogens is 1. The molecule has 0 radical (unpaired) electrons. The summed E-state index contributed by atoms with van der Waals surface area (Å²) in [6.07, 6.45) is 4.70. The minimum absolute atomic E-state index is 0. The lowest BCUT2D eigenvalue weighted by atomic mass is 10.1. The van der Waals surface area contributed by atoms with E-state index in [2.05, 4.69) is 40.5 Å². The first kappa shape index (κ1) is 20.3. The fourth-order valence-electron chi connectivity index (χ4n) is 2.94. The Kier molecular flexibility index (Phi) is 8.29. The van der Waals surface area contributed by atoms with E-state index in [9.17, 15) is 0 Å². The predicted octanol–water partition coefficient (Wildman–Crippen LogP) is 2.72. The highest BCUT2D eigenvalue weighted by molar-refractivity contribution is 14.0. The molecule has 0 unspecified atom stereocenters. The molecule has 1 aromatic rings. The van der Waals surface area contributed by atoms with Crippen molar-refractivity contribution >= 4 is 29.9 Å². The molecule has 1 aromatic carbocycles. The van der Waals surface area contributed by atoms with E-state index in [0.717, 1.165) is 63.4 Å². The van der Waals surface area contributed by atoms with E-state index in [-0.39, 0.29) is 24.0 Å². The van der Waals surface area contributed by atoms with Gasteiger partial charge >= 0.3 is 0 Å². The van der Waals surface area contributed by atoms with E-state index in [1.165, 1.54) is 24.0 Å². The Hall–Kier alpha value is -1.02. The fourth-order valence-corrected chi connectivity index (χ4v) is 2.94. The van der Waals surface area contributed by atoms with Crippen LogP contribution in [0.4, 0.5) is 0 Å². The van der Waals surface area contributed by atoms with Crippen molar-refractivity contribution in [3.8, 4) is 5.75 Å². The van der Waals surface area contributed by atoms with E-state index >= 15 is 0 Å². The van der Waals surface area contributed by atoms with Gasteiger partial charge in [0.15, 0.2) is 5.96 Å². The molecular weight excluding hydrogens is 429 g/mol. The highest BCUT2D eigenvalue weighted by Crippen LogP contribution is 2.28. The number of rotatable bonds is 8. The smallest absolute Gasteiger partial charge is 0.193 e. The number of likely N-dealkylation sites (N-methyl/N-ethyl adjacent to an activating group) is 1. The summed E-state index contributed by atoms with van der Waals surface area (Å²) in [5.41, 5.74) is 2.68. The molecule has 0 aromatic heterocycles. The van der Waals surface area contributed by atoms with Crippen LogP contribution in [0.1, 0.15) is 24.0 Å². The maximum absolute atomic E-state index is 5.70. The molecule has 0 saturated heterocycles. The van der Waals surface area contributed by atoms with Crippen LogP contribution in [0.3, 0.4) is 0 Å². The van der Waals surface area contributed by atoms with Crippen LogP contribution in [0, 0.1) is 5.92 Å². The molecule has 1 aliphatic carbocycles. The Morgan fingerprint density at radius 1 is 1.40 bits per heavy atom. The molecule has 1 N–H and O–H groups in total. The van der Waals surface area contributed by atoms with Gasteiger partial charge in [-0.1, -0.05) is 12.1 Å². The monoisotopic (exact) mass is 459 g/mol. The van der Waals surface area contributed by atoms with E-state index in [1.54, 1.807) is 0 Å². The number of fused-ring (bicyclic) bond motifs is 1. The minimum atomic E-state index is 0. The third-order valence-electron chi connectivity index (χ3n) is 4.65. The van der Waals surface area contributed by atoms with Crippen molar-refractivity contribution in [1.29, 1.82) is 0 Å². The quantitative estimate of drug-likeness (QED) is 0.281. The van der Waals surface area contributed by atoms with Crippen LogP contribution in [0.25, 0.3) is 0 Å². The molecular formula is C19H30IN3O2. The van der Waals surface area contributed by atoms with Crippen molar-refractivity contribution in [2.45, 2.75) is 25.7 Å². The zero-order chi connectivity index (χ0) is 16.8. The lowest BCUT2D eigenvalue weighted by molar-refractivity contribution is 0.115. The van der Waals surface area contributed by atoms with Crippen LogP contribution in [0.5, 0.6) is 5.75 Å². The number of hydrogen-bond acceptors (Lipinski definition) is 3. The van der Waals surface area contributed by atoms with Gasteiger partial charge in [-0.05, 0) is 42.4 Å². The van der Waals surface area contributed by atoms with E-state index in [0.29, 0.717) is 0 Å². The zero-order valence-electron chi connectivity index (χ0n) is 15.3. The summed E-state index contributed by atoms with van der Waals surface area (Å²) in [7, 11) is 3.89. The normalized spacial score (nSPS) is 16.0. The van der Waals surface area contributed by atoms with E-state index in [4.69, 9.17) is 9.47 Å². The summed E-state index contributed by atoms with van der Waals surface area (Å²) in [4.78, 5) is 6.49. The molecule has 1 aliphatic heterocycles. The second-order valence-electron chi connectivity index (χ2n) is 6.70. The van der Waals surface area contributed by atoms with Crippen molar-refractivity contribution in [1.82, 2.24) is 10.2 Å². The summed E-state index contributed by atoms with van der Waals surface area (Å²) in [5.74, 6) is 2.80. The number of nitrogens with one attached hydrogen (secondary N) is 1. The van der Waals surface area contributed by atoms with Crippen molar-refractivity contribution in [2.75, 3.05) is 47.0 Å². The van der Waals surface area contributed by atoms with Gasteiger partial charge in [-0.3, -0.25) is 4.99 Å². The Balaban J connectivity index is 0.00000225. The van der Waals surface area contributed by atoms with Gasteiger partial charge in [-0.25, -0.2) is 0 Å². The third-order valence-corrected chi connectivity index (χ3v) is 4.65. The number of nitrogens with zero attached hydrogens (tertiary/aromatic N) is 2. The summed E-state index contributed by atoms with van der Waals surface area (Å²) in [5, 5.41) is 3.44. The lowest BCUT2D eigenvalue weighted by Crippen LogP contribution is -2.41. The fraction of sp³-hybridized carbons (Fsp3) is 0.632. The molecule has 25 heavy (non-hydrogen) atoms. The SMILES string of the molecule is CN=C(NCCc1ccc2c(c1)CCO2)N(C)CCOCC1CC1.I. The summed E-state index contributed by atoms with van der Waals surface area (Å²) >= 11 is 0. The number of guanidine groups is 1. The molecule has 2 aliphatic rings. The standard InChI is InChI=1S/C19H29N3O2.HI/c1-20-19(22(2)10-12-23-14-16-3-4-16)21-9-7-15-5-6-18-17(13-15)8-11-24-18;/h5-6,13,16H,3-4,7-12,14H2,1-2H3,(H,20,21);1H. The van der Waals surface area contributed by atoms with Crippen LogP contribution in [0.2, 0.25) is 0 Å². The van der Waals surface area contributed by atoms with Gasteiger partial charge in [0.25, 0.3) is 0 Å². The minimum Gasteiger partial charge on any atom is -0.493 e. The second kappa shape index (κ2) is 10.2. The molecule has 0 bridgehead atoms. The number of aliphatic imine (C=N–C) groups is 1. The van der Waals surface area contributed by atoms with Gasteiger partial charge in [0.1, 0.15) is 5.75 Å². The van der Waals surface area contributed by atoms with Gasteiger partial charge in [-0.15, -0.1) is 24.0 Å². The molecule has 1 fully saturated rings. The molecule has 0 atom stereocenters. The van der Waals surface area contributed by atoms with Crippen LogP contribution in [0.15, 0.2) is 23.2 Å². The first-order valence-electron chi connectivity index (χ1n) is 9.00. The molecule has 0 amide bonds. The van der Waals surface area contributed by atoms with Crippen molar-refractivity contribution in [3.63, 3.8) is 0 Å². The first-order valence-corrected chi connectivity index (χ1v) is 9.00. The Morgan fingerprint density at radius 2 is 2.24 bits per heavy atom. The first-order chi connectivity index (χ1) is 11.8. The maximum atomic E-state index is 5.70. The lowest BCUT2D eigenvalue weighted by Gasteiger charge is -2.22. The average molecular weight is 459 g/mol. The van der Waals surface area contributed by atoms with Gasteiger partial charge in [0.05, 0.1) is 13.2 Å². The summed E-state index contributed by atoms with van der Waals surface area (Å²) in [6, 6.07) is 6.52. The van der Waals surface area contributed by atoms with Crippen molar-refractivity contribution < 1.29 is 9.47 Å². The van der Waals surface area contributed by atoms with Crippen LogP contribution in [-0.4, -0.2) is 57.9 Å². The van der Waals surface area contributed by atoms with Gasteiger partial charge in [0.2, 0.25) is 0 Å². The van der Waals surface area contributed by atoms with Crippen molar-refractivity contribution in [2.24, 2.45) is 10.9 Å². The van der Waals surface area contributed by atoms with Gasteiger partial charge in [-0.2, -0.15) is 0 Å². The molecule has 140 valence electrons. The Morgan fingerprint density at radius 3 is 3.00 bits per heavy atom. The largest absolute Gasteiger partial charge is 0.493 e. The average Bonchev–Trinajstić information content (AvgIpc) is 3.30. The number of hydrogen-bond donors (Lipinski definition) is 1. The third kappa shape index (κ3) is 6.33. The predicted molar refractivity (Wildman–Crippen MR) is 112 cm³/mol. The topological polar surface area (TPSA) is 46.1 Å². The maximum Gasteiger partial charge on any atom is 0.193 e. The van der Waals surface area contributed by atoms with E-state index in [1.807, 2.05) is 7.05 Å². The van der Waals surface area contributed by atoms with Crippen LogP contribution in [-0.2, 0) is 17.6 Å². The molecule has 0 spiro atoms.